The van der Waals surface area contributed by atoms with E-state index >= 15 is 0 Å². The number of unbranched alkanes of at least 4 members (excludes halogenated alkanes) is 11. The van der Waals surface area contributed by atoms with Crippen LogP contribution in [0, 0.1) is 0 Å². The number of alkyl halides is 1. The lowest BCUT2D eigenvalue weighted by atomic mass is 10.1. The van der Waals surface area contributed by atoms with Crippen LogP contribution in [0.5, 0.6) is 0 Å². The Labute approximate surface area is 167 Å². The van der Waals surface area contributed by atoms with Gasteiger partial charge in [-0.2, -0.15) is 0 Å². The standard InChI is InChI=1S/C23H44FNO2/c1-6-7-8-9-10-11-12-13-14-15-16-17-18-19-21(24)20(2)25-22(26)27-23(3,4)5/h18-21H,6-17H2,1-5H3,(H,25,26)/b19-18+/t20-,21+/m0/s1. The van der Waals surface area contributed by atoms with Gasteiger partial charge in [-0.05, 0) is 40.5 Å². The van der Waals surface area contributed by atoms with Crippen LogP contribution in [0.3, 0.4) is 0 Å². The topological polar surface area (TPSA) is 38.3 Å². The first-order valence-electron chi connectivity index (χ1n) is 11.1. The lowest BCUT2D eigenvalue weighted by Crippen LogP contribution is -2.41. The molecule has 0 fully saturated rings. The molecule has 0 aromatic carbocycles. The molecule has 0 heterocycles. The van der Waals surface area contributed by atoms with Crippen LogP contribution in [-0.2, 0) is 4.74 Å². The van der Waals surface area contributed by atoms with E-state index in [4.69, 9.17) is 4.74 Å². The van der Waals surface area contributed by atoms with E-state index in [-0.39, 0.29) is 0 Å². The Hall–Kier alpha value is -1.06. The molecule has 2 atom stereocenters. The molecule has 1 amide bonds. The molecule has 0 rings (SSSR count). The van der Waals surface area contributed by atoms with Crippen molar-refractivity contribution in [2.45, 2.75) is 129 Å². The van der Waals surface area contributed by atoms with Gasteiger partial charge in [0.15, 0.2) is 0 Å². The van der Waals surface area contributed by atoms with Crippen molar-refractivity contribution in [2.24, 2.45) is 0 Å². The Balaban J connectivity index is 3.60. The van der Waals surface area contributed by atoms with Crippen molar-refractivity contribution in [2.75, 3.05) is 0 Å². The van der Waals surface area contributed by atoms with Gasteiger partial charge in [0.2, 0.25) is 0 Å². The molecule has 4 heteroatoms. The van der Waals surface area contributed by atoms with Crippen molar-refractivity contribution in [3.63, 3.8) is 0 Å². The predicted octanol–water partition coefficient (Wildman–Crippen LogP) is 7.50. The summed E-state index contributed by atoms with van der Waals surface area (Å²) in [4.78, 5) is 11.6. The number of halogens is 1. The molecule has 0 aromatic heterocycles. The molecule has 27 heavy (non-hydrogen) atoms. The van der Waals surface area contributed by atoms with E-state index in [1.54, 1.807) is 33.8 Å². The van der Waals surface area contributed by atoms with Crippen LogP contribution in [0.15, 0.2) is 12.2 Å². The average molecular weight is 386 g/mol. The third-order valence-corrected chi connectivity index (χ3v) is 4.52. The number of rotatable bonds is 15. The van der Waals surface area contributed by atoms with Gasteiger partial charge in [0, 0.05) is 0 Å². The normalized spacial score (nSPS) is 14.3. The number of carbonyl (C=O) groups is 1. The molecule has 3 nitrogen and oxygen atoms in total. The first-order valence-corrected chi connectivity index (χ1v) is 11.1. The zero-order chi connectivity index (χ0) is 20.5. The fraction of sp³-hybridized carbons (Fsp3) is 0.870. The van der Waals surface area contributed by atoms with Crippen molar-refractivity contribution in [3.8, 4) is 0 Å². The van der Waals surface area contributed by atoms with Crippen molar-refractivity contribution >= 4 is 6.09 Å². The van der Waals surface area contributed by atoms with Gasteiger partial charge < -0.3 is 10.1 Å². The number of allylic oxidation sites excluding steroid dienone is 1. The second-order valence-electron chi connectivity index (χ2n) is 8.63. The third kappa shape index (κ3) is 18.1. The monoisotopic (exact) mass is 385 g/mol. The highest BCUT2D eigenvalue weighted by Gasteiger charge is 2.20. The highest BCUT2D eigenvalue weighted by Crippen LogP contribution is 2.13. The number of hydrogen-bond acceptors (Lipinski definition) is 2. The van der Waals surface area contributed by atoms with Crippen molar-refractivity contribution in [1.29, 1.82) is 0 Å². The minimum Gasteiger partial charge on any atom is -0.444 e. The molecule has 0 aliphatic heterocycles. The van der Waals surface area contributed by atoms with E-state index in [1.807, 2.05) is 6.08 Å². The summed E-state index contributed by atoms with van der Waals surface area (Å²) in [5.74, 6) is 0. The highest BCUT2D eigenvalue weighted by molar-refractivity contribution is 5.68. The molecule has 0 bridgehead atoms. The summed E-state index contributed by atoms with van der Waals surface area (Å²) in [5, 5.41) is 2.55. The van der Waals surface area contributed by atoms with Crippen LogP contribution in [0.25, 0.3) is 0 Å². The Morgan fingerprint density at radius 3 is 1.93 bits per heavy atom. The zero-order valence-electron chi connectivity index (χ0n) is 18.5. The van der Waals surface area contributed by atoms with E-state index in [9.17, 15) is 9.18 Å². The highest BCUT2D eigenvalue weighted by atomic mass is 19.1. The van der Waals surface area contributed by atoms with Gasteiger partial charge in [-0.3, -0.25) is 0 Å². The largest absolute Gasteiger partial charge is 0.444 e. The van der Waals surface area contributed by atoms with Gasteiger partial charge in [-0.25, -0.2) is 9.18 Å². The maximum Gasteiger partial charge on any atom is 0.407 e. The first-order chi connectivity index (χ1) is 12.8. The smallest absolute Gasteiger partial charge is 0.407 e. The summed E-state index contributed by atoms with van der Waals surface area (Å²) in [6, 6.07) is -0.589. The summed E-state index contributed by atoms with van der Waals surface area (Å²) in [5.41, 5.74) is -0.569. The fourth-order valence-corrected chi connectivity index (χ4v) is 2.89. The molecular weight excluding hydrogens is 341 g/mol. The number of carbonyl (C=O) groups excluding carboxylic acids is 1. The molecule has 0 aromatic rings. The minimum absolute atomic E-state index is 0.569. The van der Waals surface area contributed by atoms with E-state index in [0.717, 1.165) is 12.8 Å². The van der Waals surface area contributed by atoms with Gasteiger partial charge in [0.1, 0.15) is 11.8 Å². The summed E-state index contributed by atoms with van der Waals surface area (Å²) in [6.07, 6.45) is 17.1. The Morgan fingerprint density at radius 1 is 0.963 bits per heavy atom. The van der Waals surface area contributed by atoms with Crippen molar-refractivity contribution in [1.82, 2.24) is 5.32 Å². The first kappa shape index (κ1) is 25.9. The number of amides is 1. The number of ether oxygens (including phenoxy) is 1. The Morgan fingerprint density at radius 2 is 1.44 bits per heavy atom. The number of hydrogen-bond donors (Lipinski definition) is 1. The molecule has 0 saturated heterocycles. The van der Waals surface area contributed by atoms with Crippen LogP contribution in [-0.4, -0.2) is 23.9 Å². The lowest BCUT2D eigenvalue weighted by Gasteiger charge is -2.22. The van der Waals surface area contributed by atoms with Gasteiger partial charge in [-0.15, -0.1) is 0 Å². The molecule has 0 aliphatic rings. The molecule has 0 saturated carbocycles. The van der Waals surface area contributed by atoms with Crippen LogP contribution in [0.4, 0.5) is 9.18 Å². The molecule has 0 radical (unpaired) electrons. The number of alkyl carbamates (subject to hydrolysis) is 1. The quantitative estimate of drug-likeness (QED) is 0.234. The zero-order valence-corrected chi connectivity index (χ0v) is 18.5. The number of nitrogens with one attached hydrogen (secondary N) is 1. The maximum atomic E-state index is 14.1. The van der Waals surface area contributed by atoms with Gasteiger partial charge in [0.25, 0.3) is 0 Å². The van der Waals surface area contributed by atoms with Crippen molar-refractivity contribution in [3.05, 3.63) is 12.2 Å². The van der Waals surface area contributed by atoms with Crippen LogP contribution in [0.1, 0.15) is 112 Å². The van der Waals surface area contributed by atoms with Gasteiger partial charge in [0.05, 0.1) is 6.04 Å². The second kappa shape index (κ2) is 15.9. The predicted molar refractivity (Wildman–Crippen MR) is 114 cm³/mol. The molecule has 1 N–H and O–H groups in total. The third-order valence-electron chi connectivity index (χ3n) is 4.52. The lowest BCUT2D eigenvalue weighted by molar-refractivity contribution is 0.0490. The summed E-state index contributed by atoms with van der Waals surface area (Å²) < 4.78 is 19.2. The molecular formula is C23H44FNO2. The van der Waals surface area contributed by atoms with Gasteiger partial charge >= 0.3 is 6.09 Å². The Kier molecular flexibility index (Phi) is 15.3. The van der Waals surface area contributed by atoms with Gasteiger partial charge in [-0.1, -0.05) is 83.3 Å². The van der Waals surface area contributed by atoms with E-state index in [1.165, 1.54) is 64.2 Å². The Bertz CT molecular complexity index is 390. The fourth-order valence-electron chi connectivity index (χ4n) is 2.89. The van der Waals surface area contributed by atoms with E-state index in [2.05, 4.69) is 12.2 Å². The molecule has 0 unspecified atom stereocenters. The summed E-state index contributed by atoms with van der Waals surface area (Å²) in [6.45, 7) is 9.28. The summed E-state index contributed by atoms with van der Waals surface area (Å²) in [7, 11) is 0. The van der Waals surface area contributed by atoms with Crippen LogP contribution in [0.2, 0.25) is 0 Å². The minimum atomic E-state index is -1.19. The molecule has 0 spiro atoms. The molecule has 160 valence electrons. The van der Waals surface area contributed by atoms with E-state index < -0.39 is 23.9 Å². The van der Waals surface area contributed by atoms with Crippen molar-refractivity contribution < 1.29 is 13.9 Å². The van der Waals surface area contributed by atoms with E-state index in [0.29, 0.717) is 0 Å². The second-order valence-corrected chi connectivity index (χ2v) is 8.63. The summed E-state index contributed by atoms with van der Waals surface area (Å²) >= 11 is 0. The van der Waals surface area contributed by atoms with Crippen LogP contribution >= 0.6 is 0 Å². The molecule has 0 aliphatic carbocycles. The SMILES string of the molecule is CCCCCCCCCCCCC/C=C/[C@@H](F)[C@H](C)NC(=O)OC(C)(C)C. The maximum absolute atomic E-state index is 14.1. The van der Waals surface area contributed by atoms with Crippen LogP contribution < -0.4 is 5.32 Å². The average Bonchev–Trinajstić information content (AvgIpc) is 2.57.